The minimum absolute atomic E-state index is 0.0958. The molecule has 3 aromatic carbocycles. The number of carbonyl (C=O) groups is 3. The zero-order chi connectivity index (χ0) is 24.2. The predicted octanol–water partition coefficient (Wildman–Crippen LogP) is 4.79. The third kappa shape index (κ3) is 4.88. The molecule has 0 radical (unpaired) electrons. The fourth-order valence-electron chi connectivity index (χ4n) is 3.89. The van der Waals surface area contributed by atoms with Gasteiger partial charge in [0.1, 0.15) is 6.61 Å². The van der Waals surface area contributed by atoms with E-state index in [-0.39, 0.29) is 28.8 Å². The lowest BCUT2D eigenvalue weighted by Gasteiger charge is -2.17. The van der Waals surface area contributed by atoms with Crippen LogP contribution in [0.2, 0.25) is 5.02 Å². The van der Waals surface area contributed by atoms with Crippen LogP contribution in [-0.2, 0) is 14.4 Å². The number of anilines is 1. The first-order valence-corrected chi connectivity index (χ1v) is 10.8. The number of hydroxylamine groups is 2. The first-order valence-electron chi connectivity index (χ1n) is 10.4. The second-order valence-corrected chi connectivity index (χ2v) is 8.02. The number of amides is 2. The summed E-state index contributed by atoms with van der Waals surface area (Å²) in [5, 5.41) is 12.3. The average molecular weight is 481 g/mol. The minimum Gasteiger partial charge on any atom is -0.479 e. The normalized spacial score (nSPS) is 11.9. The molecule has 0 aliphatic heterocycles. The van der Waals surface area contributed by atoms with Gasteiger partial charge in [-0.05, 0) is 40.5 Å². The highest BCUT2D eigenvalue weighted by molar-refractivity contribution is 6.33. The molecule has 0 spiro atoms. The predicted molar refractivity (Wildman–Crippen MR) is 126 cm³/mol. The fraction of sp³-hybridized carbons (Fsp3) is 0.160. The molecule has 0 saturated heterocycles. The van der Waals surface area contributed by atoms with Crippen molar-refractivity contribution in [3.05, 3.63) is 88.4 Å². The summed E-state index contributed by atoms with van der Waals surface area (Å²) in [6.45, 7) is -0.539. The maximum Gasteiger partial charge on any atom is 0.411 e. The SMILES string of the molecule is CN(OCC(=O)O)C(=O)c1ccc(Cl)c(NC(=O)OCC2c3ccccc3-c3ccccc32)c1. The number of ether oxygens (including phenoxy) is 1. The molecule has 0 saturated carbocycles. The number of aliphatic carboxylic acids is 1. The van der Waals surface area contributed by atoms with Gasteiger partial charge in [0.25, 0.3) is 5.91 Å². The lowest BCUT2D eigenvalue weighted by atomic mass is 9.98. The van der Waals surface area contributed by atoms with E-state index in [1.54, 1.807) is 0 Å². The maximum absolute atomic E-state index is 12.6. The van der Waals surface area contributed by atoms with Gasteiger partial charge >= 0.3 is 12.1 Å². The lowest BCUT2D eigenvalue weighted by molar-refractivity contribution is -0.159. The van der Waals surface area contributed by atoms with Crippen molar-refractivity contribution in [3.63, 3.8) is 0 Å². The number of nitrogens with zero attached hydrogens (tertiary/aromatic N) is 1. The Hall–Kier alpha value is -3.88. The molecule has 1 aliphatic rings. The van der Waals surface area contributed by atoms with E-state index in [0.717, 1.165) is 27.3 Å². The highest BCUT2D eigenvalue weighted by Gasteiger charge is 2.29. The topological polar surface area (TPSA) is 105 Å². The fourth-order valence-corrected chi connectivity index (χ4v) is 4.06. The molecule has 8 nitrogen and oxygen atoms in total. The van der Waals surface area contributed by atoms with Gasteiger partial charge in [-0.15, -0.1) is 0 Å². The number of carboxylic acids is 1. The highest BCUT2D eigenvalue weighted by atomic mass is 35.5. The second-order valence-electron chi connectivity index (χ2n) is 7.61. The summed E-state index contributed by atoms with van der Waals surface area (Å²) in [6, 6.07) is 20.3. The summed E-state index contributed by atoms with van der Waals surface area (Å²) in [5.41, 5.74) is 4.74. The number of fused-ring (bicyclic) bond motifs is 3. The Kier molecular flexibility index (Phi) is 6.81. The quantitative estimate of drug-likeness (QED) is 0.471. The van der Waals surface area contributed by atoms with Crippen molar-refractivity contribution >= 4 is 35.3 Å². The number of benzene rings is 3. The van der Waals surface area contributed by atoms with E-state index in [2.05, 4.69) is 5.32 Å². The number of carbonyl (C=O) groups excluding carboxylic acids is 2. The molecule has 1 aliphatic carbocycles. The van der Waals surface area contributed by atoms with Gasteiger partial charge in [-0.2, -0.15) is 0 Å². The van der Waals surface area contributed by atoms with Gasteiger partial charge in [-0.3, -0.25) is 14.9 Å². The molecule has 0 heterocycles. The molecule has 34 heavy (non-hydrogen) atoms. The standard InChI is InChI=1S/C25H21ClN2O6/c1-28(34-14-23(29)30)24(31)15-10-11-21(26)22(12-15)27-25(32)33-13-20-18-8-4-2-6-16(18)17-7-3-5-9-19(17)20/h2-12,20H,13-14H2,1H3,(H,27,32)(H,29,30). The Morgan fingerprint density at radius 2 is 1.62 bits per heavy atom. The van der Waals surface area contributed by atoms with Crippen LogP contribution >= 0.6 is 11.6 Å². The van der Waals surface area contributed by atoms with Crippen LogP contribution in [0, 0.1) is 0 Å². The molecule has 9 heteroatoms. The van der Waals surface area contributed by atoms with E-state index in [4.69, 9.17) is 26.3 Å². The molecule has 174 valence electrons. The van der Waals surface area contributed by atoms with Crippen molar-refractivity contribution in [2.75, 3.05) is 25.6 Å². The van der Waals surface area contributed by atoms with E-state index in [1.807, 2.05) is 48.5 Å². The van der Waals surface area contributed by atoms with Crippen LogP contribution in [0.4, 0.5) is 10.5 Å². The van der Waals surface area contributed by atoms with Crippen LogP contribution in [0.1, 0.15) is 27.4 Å². The van der Waals surface area contributed by atoms with Crippen molar-refractivity contribution < 1.29 is 29.1 Å². The lowest BCUT2D eigenvalue weighted by Crippen LogP contribution is -2.29. The average Bonchev–Trinajstić information content (AvgIpc) is 3.16. The summed E-state index contributed by atoms with van der Waals surface area (Å²) in [7, 11) is 1.29. The molecular formula is C25H21ClN2O6. The zero-order valence-electron chi connectivity index (χ0n) is 18.2. The number of carboxylic acid groups (broad SMARTS) is 1. The van der Waals surface area contributed by atoms with Gasteiger partial charge in [0, 0.05) is 18.5 Å². The van der Waals surface area contributed by atoms with E-state index in [0.29, 0.717) is 0 Å². The Morgan fingerprint density at radius 3 is 2.24 bits per heavy atom. The van der Waals surface area contributed by atoms with Gasteiger partial charge in [0.15, 0.2) is 6.61 Å². The van der Waals surface area contributed by atoms with Crippen molar-refractivity contribution in [2.45, 2.75) is 5.92 Å². The van der Waals surface area contributed by atoms with Crippen molar-refractivity contribution in [1.82, 2.24) is 5.06 Å². The molecule has 2 amide bonds. The molecule has 0 bridgehead atoms. The van der Waals surface area contributed by atoms with E-state index in [9.17, 15) is 14.4 Å². The van der Waals surface area contributed by atoms with Crippen molar-refractivity contribution in [2.24, 2.45) is 0 Å². The largest absolute Gasteiger partial charge is 0.479 e. The van der Waals surface area contributed by atoms with E-state index < -0.39 is 24.6 Å². The van der Waals surface area contributed by atoms with Gasteiger partial charge in [0.2, 0.25) is 0 Å². The van der Waals surface area contributed by atoms with Crippen LogP contribution in [0.3, 0.4) is 0 Å². The first kappa shape index (κ1) is 23.3. The summed E-state index contributed by atoms with van der Waals surface area (Å²) in [6.07, 6.45) is -0.719. The number of nitrogens with one attached hydrogen (secondary N) is 1. The molecule has 0 fully saturated rings. The Bertz CT molecular complexity index is 1220. The van der Waals surface area contributed by atoms with Gasteiger partial charge in [-0.25, -0.2) is 14.7 Å². The third-order valence-electron chi connectivity index (χ3n) is 5.46. The smallest absolute Gasteiger partial charge is 0.411 e. The summed E-state index contributed by atoms with van der Waals surface area (Å²) >= 11 is 6.18. The molecule has 2 N–H and O–H groups in total. The number of halogens is 1. The number of rotatable bonds is 7. The van der Waals surface area contributed by atoms with E-state index in [1.165, 1.54) is 25.2 Å². The molecule has 0 atom stereocenters. The Morgan fingerprint density at radius 1 is 1.00 bits per heavy atom. The monoisotopic (exact) mass is 480 g/mol. The van der Waals surface area contributed by atoms with Gasteiger partial charge in [-0.1, -0.05) is 60.1 Å². The van der Waals surface area contributed by atoms with Crippen molar-refractivity contribution in [3.8, 4) is 11.1 Å². The highest BCUT2D eigenvalue weighted by Crippen LogP contribution is 2.44. The minimum atomic E-state index is -1.21. The summed E-state index contributed by atoms with van der Waals surface area (Å²) in [5.74, 6) is -1.91. The van der Waals surface area contributed by atoms with Crippen molar-refractivity contribution in [1.29, 1.82) is 0 Å². The molecule has 3 aromatic rings. The summed E-state index contributed by atoms with van der Waals surface area (Å²) < 4.78 is 5.52. The van der Waals surface area contributed by atoms with Crippen LogP contribution in [0.15, 0.2) is 66.7 Å². The summed E-state index contributed by atoms with van der Waals surface area (Å²) in [4.78, 5) is 40.5. The van der Waals surface area contributed by atoms with Gasteiger partial charge in [0.05, 0.1) is 10.7 Å². The third-order valence-corrected chi connectivity index (χ3v) is 5.79. The Labute approximate surface area is 200 Å². The van der Waals surface area contributed by atoms with Crippen LogP contribution in [0.25, 0.3) is 11.1 Å². The molecule has 0 unspecified atom stereocenters. The zero-order valence-corrected chi connectivity index (χ0v) is 18.9. The van der Waals surface area contributed by atoms with Gasteiger partial charge < -0.3 is 9.84 Å². The van der Waals surface area contributed by atoms with E-state index >= 15 is 0 Å². The molecular weight excluding hydrogens is 460 g/mol. The molecule has 4 rings (SSSR count). The van der Waals surface area contributed by atoms with Crippen LogP contribution in [-0.4, -0.2) is 48.4 Å². The number of hydrogen-bond acceptors (Lipinski definition) is 5. The molecule has 0 aromatic heterocycles. The Balaban J connectivity index is 1.43. The first-order chi connectivity index (χ1) is 16.3. The van der Waals surface area contributed by atoms with Crippen LogP contribution in [0.5, 0.6) is 0 Å². The second kappa shape index (κ2) is 9.94. The number of hydrogen-bond donors (Lipinski definition) is 2. The van der Waals surface area contributed by atoms with Crippen LogP contribution < -0.4 is 5.32 Å². The maximum atomic E-state index is 12.6.